The molecule has 0 saturated carbocycles. The van der Waals surface area contributed by atoms with Crippen molar-refractivity contribution in [3.05, 3.63) is 65.7 Å². The highest BCUT2D eigenvalue weighted by atomic mass is 16.5. The monoisotopic (exact) mass is 339 g/mol. The fraction of sp³-hybridized carbons (Fsp3) is 0.300. The summed E-state index contributed by atoms with van der Waals surface area (Å²) in [4.78, 5) is 25.7. The molecule has 2 atom stereocenters. The Hall–Kier alpha value is -2.66. The second-order valence-corrected chi connectivity index (χ2v) is 6.41. The summed E-state index contributed by atoms with van der Waals surface area (Å²) in [6.45, 7) is 3.81. The lowest BCUT2D eigenvalue weighted by Crippen LogP contribution is -3.17. The van der Waals surface area contributed by atoms with Gasteiger partial charge in [0.15, 0.2) is 6.04 Å². The average molecular weight is 339 g/mol. The Morgan fingerprint density at radius 2 is 1.88 bits per heavy atom. The van der Waals surface area contributed by atoms with Crippen molar-refractivity contribution in [2.45, 2.75) is 25.9 Å². The molecule has 5 heteroatoms. The summed E-state index contributed by atoms with van der Waals surface area (Å²) in [6, 6.07) is 17.1. The van der Waals surface area contributed by atoms with Gasteiger partial charge in [0.05, 0.1) is 6.42 Å². The minimum Gasteiger partial charge on any atom is -0.455 e. The summed E-state index contributed by atoms with van der Waals surface area (Å²) in [5.41, 5.74) is 3.02. The van der Waals surface area contributed by atoms with Crippen LogP contribution in [0.2, 0.25) is 0 Å². The SMILES string of the molecule is Cc1ccc(NC(=O)C[C@H]2C(=O)OCC[NH+]2Cc2ccccc2)cc1. The number of carbonyl (C=O) groups is 2. The van der Waals surface area contributed by atoms with E-state index in [1.165, 1.54) is 0 Å². The van der Waals surface area contributed by atoms with Crippen molar-refractivity contribution < 1.29 is 19.2 Å². The second-order valence-electron chi connectivity index (χ2n) is 6.41. The van der Waals surface area contributed by atoms with Gasteiger partial charge in [-0.1, -0.05) is 48.0 Å². The molecule has 0 aromatic heterocycles. The van der Waals surface area contributed by atoms with Gasteiger partial charge in [-0.15, -0.1) is 0 Å². The quantitative estimate of drug-likeness (QED) is 0.808. The Labute approximate surface area is 147 Å². The molecule has 1 heterocycles. The number of aryl methyl sites for hydroxylation is 1. The van der Waals surface area contributed by atoms with E-state index in [1.54, 1.807) is 0 Å². The van der Waals surface area contributed by atoms with Gasteiger partial charge in [0, 0.05) is 11.3 Å². The van der Waals surface area contributed by atoms with E-state index in [2.05, 4.69) is 5.32 Å². The third kappa shape index (κ3) is 4.67. The van der Waals surface area contributed by atoms with Crippen molar-refractivity contribution in [3.8, 4) is 0 Å². The van der Waals surface area contributed by atoms with E-state index in [9.17, 15) is 9.59 Å². The van der Waals surface area contributed by atoms with E-state index >= 15 is 0 Å². The fourth-order valence-corrected chi connectivity index (χ4v) is 3.06. The van der Waals surface area contributed by atoms with Gasteiger partial charge in [0.25, 0.3) is 0 Å². The number of hydrogen-bond acceptors (Lipinski definition) is 3. The van der Waals surface area contributed by atoms with Gasteiger partial charge in [-0.25, -0.2) is 4.79 Å². The van der Waals surface area contributed by atoms with E-state index in [1.807, 2.05) is 61.5 Å². The molecule has 1 fully saturated rings. The van der Waals surface area contributed by atoms with E-state index in [-0.39, 0.29) is 18.3 Å². The predicted molar refractivity (Wildman–Crippen MR) is 95.1 cm³/mol. The van der Waals surface area contributed by atoms with Crippen molar-refractivity contribution in [3.63, 3.8) is 0 Å². The molecule has 0 aliphatic carbocycles. The van der Waals surface area contributed by atoms with Gasteiger partial charge in [0.1, 0.15) is 19.7 Å². The molecule has 25 heavy (non-hydrogen) atoms. The number of nitrogens with one attached hydrogen (secondary N) is 2. The van der Waals surface area contributed by atoms with E-state index < -0.39 is 6.04 Å². The second kappa shape index (κ2) is 7.94. The molecular weight excluding hydrogens is 316 g/mol. The molecule has 130 valence electrons. The van der Waals surface area contributed by atoms with E-state index in [4.69, 9.17) is 4.74 Å². The van der Waals surface area contributed by atoms with E-state index in [0.29, 0.717) is 19.7 Å². The van der Waals surface area contributed by atoms with Crippen LogP contribution in [-0.2, 0) is 20.9 Å². The number of esters is 1. The van der Waals surface area contributed by atoms with Gasteiger partial charge in [-0.3, -0.25) is 4.79 Å². The Kier molecular flexibility index (Phi) is 5.46. The maximum atomic E-state index is 12.4. The van der Waals surface area contributed by atoms with Crippen LogP contribution in [0.25, 0.3) is 0 Å². The highest BCUT2D eigenvalue weighted by molar-refractivity contribution is 5.93. The van der Waals surface area contributed by atoms with Crippen LogP contribution in [0.4, 0.5) is 5.69 Å². The number of ether oxygens (including phenoxy) is 1. The number of anilines is 1. The van der Waals surface area contributed by atoms with Crippen molar-refractivity contribution in [2.24, 2.45) is 0 Å². The van der Waals surface area contributed by atoms with Crippen LogP contribution in [0, 0.1) is 6.92 Å². The molecule has 2 aromatic carbocycles. The summed E-state index contributed by atoms with van der Waals surface area (Å²) in [5, 5.41) is 2.86. The number of quaternary nitrogens is 1. The molecule has 0 bridgehead atoms. The molecular formula is C20H23N2O3+. The van der Waals surface area contributed by atoms with E-state index in [0.717, 1.165) is 21.7 Å². The van der Waals surface area contributed by atoms with Crippen LogP contribution >= 0.6 is 0 Å². The van der Waals surface area contributed by atoms with Gasteiger partial charge in [-0.2, -0.15) is 0 Å². The minimum atomic E-state index is -0.473. The number of hydrogen-bond donors (Lipinski definition) is 2. The predicted octanol–water partition coefficient (Wildman–Crippen LogP) is 1.33. The summed E-state index contributed by atoms with van der Waals surface area (Å²) in [7, 11) is 0. The van der Waals surface area contributed by atoms with Crippen LogP contribution in [-0.4, -0.2) is 31.1 Å². The zero-order valence-corrected chi connectivity index (χ0v) is 14.3. The molecule has 0 radical (unpaired) electrons. The number of rotatable bonds is 5. The molecule has 1 aliphatic heterocycles. The van der Waals surface area contributed by atoms with Crippen LogP contribution in [0.5, 0.6) is 0 Å². The first-order valence-electron chi connectivity index (χ1n) is 8.53. The molecule has 5 nitrogen and oxygen atoms in total. The minimum absolute atomic E-state index is 0.120. The van der Waals surface area contributed by atoms with Gasteiger partial charge < -0.3 is 15.0 Å². The Morgan fingerprint density at radius 1 is 1.16 bits per heavy atom. The Balaban J connectivity index is 1.65. The zero-order chi connectivity index (χ0) is 17.6. The third-order valence-electron chi connectivity index (χ3n) is 4.44. The summed E-state index contributed by atoms with van der Waals surface area (Å²) >= 11 is 0. The van der Waals surface area contributed by atoms with Crippen molar-refractivity contribution in [1.29, 1.82) is 0 Å². The molecule has 3 rings (SSSR count). The summed E-state index contributed by atoms with van der Waals surface area (Å²) in [6.07, 6.45) is 0.120. The molecule has 2 N–H and O–H groups in total. The maximum Gasteiger partial charge on any atom is 0.365 e. The molecule has 0 spiro atoms. The highest BCUT2D eigenvalue weighted by Crippen LogP contribution is 2.10. The van der Waals surface area contributed by atoms with Crippen LogP contribution < -0.4 is 10.2 Å². The number of amides is 1. The largest absolute Gasteiger partial charge is 0.455 e. The van der Waals surface area contributed by atoms with Gasteiger partial charge >= 0.3 is 5.97 Å². The molecule has 1 aliphatic rings. The van der Waals surface area contributed by atoms with Crippen LogP contribution in [0.15, 0.2) is 54.6 Å². The number of benzene rings is 2. The standard InChI is InChI=1S/C20H22N2O3/c1-15-7-9-17(10-8-15)21-19(23)13-18-20(24)25-12-11-22(18)14-16-5-3-2-4-6-16/h2-10,18H,11-14H2,1H3,(H,21,23)/p+1/t18-/m0/s1. The zero-order valence-electron chi connectivity index (χ0n) is 14.3. The summed E-state index contributed by atoms with van der Waals surface area (Å²) in [5.74, 6) is -0.463. The molecule has 1 saturated heterocycles. The lowest BCUT2D eigenvalue weighted by Gasteiger charge is -2.30. The topological polar surface area (TPSA) is 59.8 Å². The lowest BCUT2D eigenvalue weighted by molar-refractivity contribution is -0.934. The van der Waals surface area contributed by atoms with Gasteiger partial charge in [-0.05, 0) is 19.1 Å². The van der Waals surface area contributed by atoms with Crippen LogP contribution in [0.3, 0.4) is 0 Å². The molecule has 2 aromatic rings. The lowest BCUT2D eigenvalue weighted by atomic mass is 10.1. The van der Waals surface area contributed by atoms with Crippen molar-refractivity contribution in [1.82, 2.24) is 0 Å². The first-order valence-corrected chi connectivity index (χ1v) is 8.53. The first kappa shape index (κ1) is 17.2. The smallest absolute Gasteiger partial charge is 0.365 e. The summed E-state index contributed by atoms with van der Waals surface area (Å²) < 4.78 is 5.19. The van der Waals surface area contributed by atoms with Crippen LogP contribution in [0.1, 0.15) is 17.5 Å². The van der Waals surface area contributed by atoms with Crippen molar-refractivity contribution >= 4 is 17.6 Å². The number of carbonyl (C=O) groups excluding carboxylic acids is 2. The molecule has 1 amide bonds. The molecule has 1 unspecified atom stereocenters. The average Bonchev–Trinajstić information content (AvgIpc) is 2.61. The third-order valence-corrected chi connectivity index (χ3v) is 4.44. The Morgan fingerprint density at radius 3 is 2.60 bits per heavy atom. The van der Waals surface area contributed by atoms with Crippen molar-refractivity contribution in [2.75, 3.05) is 18.5 Å². The number of morpholine rings is 1. The maximum absolute atomic E-state index is 12.4. The Bertz CT molecular complexity index is 728. The fourth-order valence-electron chi connectivity index (χ4n) is 3.06. The van der Waals surface area contributed by atoms with Gasteiger partial charge in [0.2, 0.25) is 5.91 Å². The highest BCUT2D eigenvalue weighted by Gasteiger charge is 2.37. The first-order chi connectivity index (χ1) is 12.1. The normalized spacial score (nSPS) is 20.0. The number of cyclic esters (lactones) is 1.